The first-order chi connectivity index (χ1) is 4.56. The minimum atomic E-state index is -4.26. The fraction of sp³-hybridized carbons (Fsp3) is 0.667. The number of hydrogen-bond donors (Lipinski definition) is 0. The molecule has 2 nitrogen and oxygen atoms in total. The zero-order chi connectivity index (χ0) is 8.04. The molecule has 0 spiro atoms. The molecule has 60 valence electrons. The van der Waals surface area contributed by atoms with Crippen LogP contribution in [0.3, 0.4) is 0 Å². The molecule has 0 N–H and O–H groups in total. The Hall–Kier alpha value is -0.380. The Morgan fingerprint density at radius 1 is 1.40 bits per heavy atom. The molecular formula is C6H11FO2S. The smallest absolute Gasteiger partial charge is 0.195 e. The number of rotatable bonds is 4. The lowest BCUT2D eigenvalue weighted by Gasteiger charge is -1.86. The summed E-state index contributed by atoms with van der Waals surface area (Å²) in [7, 11) is -4.26. The van der Waals surface area contributed by atoms with E-state index in [1.165, 1.54) is 0 Å². The maximum absolute atomic E-state index is 11.8. The van der Waals surface area contributed by atoms with Crippen molar-refractivity contribution in [2.45, 2.75) is 19.8 Å². The Bertz CT molecular complexity index is 194. The molecule has 0 radical (unpaired) electrons. The molecule has 10 heavy (non-hydrogen) atoms. The fourth-order valence-corrected chi connectivity index (χ4v) is 0.911. The van der Waals surface area contributed by atoms with E-state index in [0.29, 0.717) is 0 Å². The van der Waals surface area contributed by atoms with Gasteiger partial charge in [-0.3, -0.25) is 0 Å². The molecule has 0 atom stereocenters. The second-order valence-corrected chi connectivity index (χ2v) is 3.40. The molecule has 0 aromatic carbocycles. The monoisotopic (exact) mass is 166 g/mol. The van der Waals surface area contributed by atoms with E-state index >= 15 is 0 Å². The Balaban J connectivity index is 3.48. The largest absolute Gasteiger partial charge is 0.302 e. The summed E-state index contributed by atoms with van der Waals surface area (Å²) in [5, 5.41) is 0. The maximum atomic E-state index is 11.8. The summed E-state index contributed by atoms with van der Waals surface area (Å²) in [4.78, 5) is 0. The molecule has 0 aromatic rings. The quantitative estimate of drug-likeness (QED) is 0.470. The maximum Gasteiger partial charge on any atom is 0.302 e. The molecule has 0 rings (SSSR count). The van der Waals surface area contributed by atoms with Crippen LogP contribution in [0.25, 0.3) is 0 Å². The number of allylic oxidation sites excluding steroid dienone is 2. The van der Waals surface area contributed by atoms with E-state index < -0.39 is 16.0 Å². The lowest BCUT2D eigenvalue weighted by molar-refractivity contribution is 0.552. The summed E-state index contributed by atoms with van der Waals surface area (Å²) in [6.45, 7) is 1.93. The third-order valence-corrected chi connectivity index (χ3v) is 1.65. The summed E-state index contributed by atoms with van der Waals surface area (Å²) >= 11 is 0. The molecule has 0 saturated heterocycles. The van der Waals surface area contributed by atoms with Crippen molar-refractivity contribution in [3.8, 4) is 0 Å². The summed E-state index contributed by atoms with van der Waals surface area (Å²) in [5.74, 6) is -0.399. The standard InChI is InChI=1S/C6H11FO2S/c1-2-3-4-5-6-10(7,8)9/h3-4H,2,5-6H2,1H3. The zero-order valence-corrected chi connectivity index (χ0v) is 6.70. The van der Waals surface area contributed by atoms with Gasteiger partial charge in [-0.25, -0.2) is 0 Å². The summed E-state index contributed by atoms with van der Waals surface area (Å²) < 4.78 is 31.5. The second-order valence-electron chi connectivity index (χ2n) is 1.91. The minimum Gasteiger partial charge on any atom is -0.195 e. The van der Waals surface area contributed by atoms with E-state index in [0.717, 1.165) is 6.42 Å². The van der Waals surface area contributed by atoms with Gasteiger partial charge >= 0.3 is 10.2 Å². The Labute approximate surface area is 61.0 Å². The van der Waals surface area contributed by atoms with Gasteiger partial charge in [0.2, 0.25) is 0 Å². The van der Waals surface area contributed by atoms with Gasteiger partial charge in [0.15, 0.2) is 0 Å². The predicted molar refractivity (Wildman–Crippen MR) is 38.9 cm³/mol. The highest BCUT2D eigenvalue weighted by Gasteiger charge is 2.02. The van der Waals surface area contributed by atoms with Gasteiger partial charge in [-0.05, 0) is 12.8 Å². The van der Waals surface area contributed by atoms with Crippen molar-refractivity contribution < 1.29 is 12.3 Å². The van der Waals surface area contributed by atoms with E-state index in [4.69, 9.17) is 0 Å². The van der Waals surface area contributed by atoms with Crippen molar-refractivity contribution >= 4 is 10.2 Å². The summed E-state index contributed by atoms with van der Waals surface area (Å²) in [5.41, 5.74) is 0. The van der Waals surface area contributed by atoms with Crippen molar-refractivity contribution in [1.82, 2.24) is 0 Å². The highest BCUT2D eigenvalue weighted by Crippen LogP contribution is 1.95. The van der Waals surface area contributed by atoms with Crippen LogP contribution < -0.4 is 0 Å². The van der Waals surface area contributed by atoms with Gasteiger partial charge in [0.1, 0.15) is 0 Å². The van der Waals surface area contributed by atoms with Crippen LogP contribution in [-0.2, 0) is 10.2 Å². The van der Waals surface area contributed by atoms with Crippen molar-refractivity contribution in [3.05, 3.63) is 12.2 Å². The molecule has 0 fully saturated rings. The average molecular weight is 166 g/mol. The third-order valence-electron chi connectivity index (χ3n) is 0.931. The minimum absolute atomic E-state index is 0.271. The summed E-state index contributed by atoms with van der Waals surface area (Å²) in [6, 6.07) is 0. The molecule has 0 amide bonds. The van der Waals surface area contributed by atoms with Crippen LogP contribution in [0.15, 0.2) is 12.2 Å². The van der Waals surface area contributed by atoms with Crippen LogP contribution in [0.2, 0.25) is 0 Å². The first kappa shape index (κ1) is 9.62. The highest BCUT2D eigenvalue weighted by atomic mass is 32.3. The molecule has 0 aliphatic rings. The van der Waals surface area contributed by atoms with Gasteiger partial charge in [0.05, 0.1) is 5.75 Å². The van der Waals surface area contributed by atoms with Crippen molar-refractivity contribution in [2.75, 3.05) is 5.75 Å². The molecular weight excluding hydrogens is 155 g/mol. The van der Waals surface area contributed by atoms with E-state index in [1.54, 1.807) is 6.08 Å². The van der Waals surface area contributed by atoms with E-state index in [-0.39, 0.29) is 6.42 Å². The van der Waals surface area contributed by atoms with Crippen molar-refractivity contribution in [3.63, 3.8) is 0 Å². The highest BCUT2D eigenvalue weighted by molar-refractivity contribution is 7.86. The van der Waals surface area contributed by atoms with Crippen LogP contribution in [0.4, 0.5) is 3.89 Å². The lowest BCUT2D eigenvalue weighted by Crippen LogP contribution is -1.95. The van der Waals surface area contributed by atoms with Gasteiger partial charge in [0.25, 0.3) is 0 Å². The molecule has 0 aliphatic carbocycles. The molecule has 0 bridgehead atoms. The Morgan fingerprint density at radius 2 is 2.00 bits per heavy atom. The van der Waals surface area contributed by atoms with Crippen LogP contribution in [0, 0.1) is 0 Å². The van der Waals surface area contributed by atoms with Gasteiger partial charge in [-0.2, -0.15) is 8.42 Å². The van der Waals surface area contributed by atoms with Crippen LogP contribution in [0.5, 0.6) is 0 Å². The normalized spacial score (nSPS) is 12.6. The van der Waals surface area contributed by atoms with E-state index in [1.807, 2.05) is 13.0 Å². The third kappa shape index (κ3) is 7.62. The van der Waals surface area contributed by atoms with Crippen LogP contribution in [0.1, 0.15) is 19.8 Å². The fourth-order valence-electron chi connectivity index (χ4n) is 0.493. The second kappa shape index (κ2) is 4.44. The first-order valence-electron chi connectivity index (χ1n) is 3.13. The van der Waals surface area contributed by atoms with Crippen LogP contribution in [-0.4, -0.2) is 14.2 Å². The zero-order valence-electron chi connectivity index (χ0n) is 5.88. The number of halogens is 1. The Kier molecular flexibility index (Phi) is 4.27. The average Bonchev–Trinajstić information content (AvgIpc) is 1.78. The van der Waals surface area contributed by atoms with Crippen LogP contribution >= 0.6 is 0 Å². The van der Waals surface area contributed by atoms with Gasteiger partial charge < -0.3 is 0 Å². The van der Waals surface area contributed by atoms with Crippen molar-refractivity contribution in [1.29, 1.82) is 0 Å². The van der Waals surface area contributed by atoms with Gasteiger partial charge in [-0.15, -0.1) is 3.89 Å². The van der Waals surface area contributed by atoms with Gasteiger partial charge in [0, 0.05) is 0 Å². The molecule has 0 heterocycles. The molecule has 0 aromatic heterocycles. The molecule has 0 aliphatic heterocycles. The Morgan fingerprint density at radius 3 is 2.40 bits per heavy atom. The van der Waals surface area contributed by atoms with E-state index in [9.17, 15) is 12.3 Å². The van der Waals surface area contributed by atoms with Gasteiger partial charge in [-0.1, -0.05) is 19.1 Å². The van der Waals surface area contributed by atoms with Crippen molar-refractivity contribution in [2.24, 2.45) is 0 Å². The summed E-state index contributed by atoms with van der Waals surface area (Å²) in [6.07, 6.45) is 4.60. The molecule has 0 unspecified atom stereocenters. The lowest BCUT2D eigenvalue weighted by atomic mass is 10.4. The SMILES string of the molecule is CCC=CCCS(=O)(=O)F. The first-order valence-corrected chi connectivity index (χ1v) is 4.69. The topological polar surface area (TPSA) is 34.1 Å². The molecule has 4 heteroatoms. The number of hydrogen-bond acceptors (Lipinski definition) is 2. The molecule has 0 saturated carbocycles. The van der Waals surface area contributed by atoms with E-state index in [2.05, 4.69) is 0 Å². The predicted octanol–water partition coefficient (Wildman–Crippen LogP) is 1.64.